The summed E-state index contributed by atoms with van der Waals surface area (Å²) in [5, 5.41) is 11.0. The minimum Gasteiger partial charge on any atom is -0.482 e. The lowest BCUT2D eigenvalue weighted by molar-refractivity contribution is -0.120. The summed E-state index contributed by atoms with van der Waals surface area (Å²) in [7, 11) is 1.74. The van der Waals surface area contributed by atoms with E-state index in [0.717, 1.165) is 28.3 Å². The number of anilines is 1. The molecule has 3 aromatic rings. The molecule has 1 amide bonds. The van der Waals surface area contributed by atoms with Gasteiger partial charge >= 0.3 is 0 Å². The van der Waals surface area contributed by atoms with E-state index in [1.807, 2.05) is 43.3 Å². The maximum Gasteiger partial charge on any atom is 0.264 e. The largest absolute Gasteiger partial charge is 0.482 e. The molecule has 1 N–H and O–H groups in total. The van der Waals surface area contributed by atoms with E-state index >= 15 is 0 Å². The Morgan fingerprint density at radius 1 is 1.25 bits per heavy atom. The van der Waals surface area contributed by atoms with E-state index < -0.39 is 0 Å². The summed E-state index contributed by atoms with van der Waals surface area (Å²) < 4.78 is 5.46. The van der Waals surface area contributed by atoms with Crippen LogP contribution in [0, 0.1) is 6.92 Å². The second-order valence-corrected chi connectivity index (χ2v) is 5.62. The Labute approximate surface area is 138 Å². The SMILES string of the molecule is Cc1cccc(-c2[nH]nnc2-c2ccc3c(c2)N(C)C(=O)CO3)n1. The molecule has 0 fully saturated rings. The average molecular weight is 321 g/mol. The van der Waals surface area contributed by atoms with Crippen molar-refractivity contribution < 1.29 is 9.53 Å². The summed E-state index contributed by atoms with van der Waals surface area (Å²) in [6.07, 6.45) is 0. The summed E-state index contributed by atoms with van der Waals surface area (Å²) in [4.78, 5) is 17.9. The van der Waals surface area contributed by atoms with Gasteiger partial charge in [-0.05, 0) is 37.3 Å². The lowest BCUT2D eigenvalue weighted by atomic mass is 10.1. The van der Waals surface area contributed by atoms with E-state index in [1.54, 1.807) is 11.9 Å². The van der Waals surface area contributed by atoms with Crippen LogP contribution in [0.4, 0.5) is 5.69 Å². The van der Waals surface area contributed by atoms with Crippen molar-refractivity contribution in [2.24, 2.45) is 0 Å². The molecule has 0 saturated heterocycles. The van der Waals surface area contributed by atoms with E-state index in [-0.39, 0.29) is 12.5 Å². The summed E-state index contributed by atoms with van der Waals surface area (Å²) in [6.45, 7) is 2.00. The first kappa shape index (κ1) is 14.4. The number of H-pyrrole nitrogens is 1. The van der Waals surface area contributed by atoms with Crippen molar-refractivity contribution in [3.63, 3.8) is 0 Å². The molecule has 2 aromatic heterocycles. The van der Waals surface area contributed by atoms with Crippen LogP contribution in [-0.4, -0.2) is 40.0 Å². The van der Waals surface area contributed by atoms with Gasteiger partial charge in [0.1, 0.15) is 17.1 Å². The fraction of sp³-hybridized carbons (Fsp3) is 0.176. The van der Waals surface area contributed by atoms with Crippen LogP contribution in [0.15, 0.2) is 36.4 Å². The quantitative estimate of drug-likeness (QED) is 0.782. The number of pyridine rings is 1. The van der Waals surface area contributed by atoms with Gasteiger partial charge in [0.15, 0.2) is 6.61 Å². The van der Waals surface area contributed by atoms with Gasteiger partial charge in [-0.2, -0.15) is 0 Å². The third kappa shape index (κ3) is 2.30. The second-order valence-electron chi connectivity index (χ2n) is 5.62. The monoisotopic (exact) mass is 321 g/mol. The number of aromatic nitrogens is 4. The first-order chi connectivity index (χ1) is 11.6. The molecule has 0 radical (unpaired) electrons. The van der Waals surface area contributed by atoms with Gasteiger partial charge in [0.2, 0.25) is 0 Å². The highest BCUT2D eigenvalue weighted by Gasteiger charge is 2.23. The van der Waals surface area contributed by atoms with Crippen molar-refractivity contribution in [1.29, 1.82) is 0 Å². The molecule has 0 spiro atoms. The molecule has 4 rings (SSSR count). The Kier molecular flexibility index (Phi) is 3.26. The van der Waals surface area contributed by atoms with E-state index in [2.05, 4.69) is 20.4 Å². The molecule has 0 saturated carbocycles. The van der Waals surface area contributed by atoms with Crippen molar-refractivity contribution >= 4 is 11.6 Å². The minimum absolute atomic E-state index is 0.0608. The molecule has 7 heteroatoms. The third-order valence-electron chi connectivity index (χ3n) is 4.01. The van der Waals surface area contributed by atoms with Crippen LogP contribution < -0.4 is 9.64 Å². The predicted octanol–water partition coefficient (Wildman–Crippen LogP) is 2.20. The topological polar surface area (TPSA) is 84.0 Å². The van der Waals surface area contributed by atoms with Crippen LogP contribution in [-0.2, 0) is 4.79 Å². The molecule has 1 aliphatic rings. The van der Waals surface area contributed by atoms with Gasteiger partial charge in [-0.25, -0.2) is 0 Å². The molecule has 0 unspecified atom stereocenters. The fourth-order valence-electron chi connectivity index (χ4n) is 2.71. The van der Waals surface area contributed by atoms with Crippen LogP contribution in [0.3, 0.4) is 0 Å². The first-order valence-electron chi connectivity index (χ1n) is 7.52. The number of aromatic amines is 1. The van der Waals surface area contributed by atoms with Gasteiger partial charge in [-0.3, -0.25) is 14.9 Å². The summed E-state index contributed by atoms with van der Waals surface area (Å²) in [5.41, 5.74) is 4.66. The van der Waals surface area contributed by atoms with Crippen molar-refractivity contribution in [2.75, 3.05) is 18.6 Å². The lowest BCUT2D eigenvalue weighted by Crippen LogP contribution is -2.35. The second kappa shape index (κ2) is 5.45. The molecular formula is C17H15N5O2. The highest BCUT2D eigenvalue weighted by molar-refractivity contribution is 5.98. The first-order valence-corrected chi connectivity index (χ1v) is 7.52. The van der Waals surface area contributed by atoms with Gasteiger partial charge in [0.25, 0.3) is 5.91 Å². The highest BCUT2D eigenvalue weighted by atomic mass is 16.5. The predicted molar refractivity (Wildman–Crippen MR) is 88.7 cm³/mol. The Morgan fingerprint density at radius 3 is 2.96 bits per heavy atom. The van der Waals surface area contributed by atoms with E-state index in [9.17, 15) is 4.79 Å². The van der Waals surface area contributed by atoms with Gasteiger partial charge < -0.3 is 9.64 Å². The number of ether oxygens (including phenoxy) is 1. The molecule has 0 atom stereocenters. The molecule has 0 aliphatic carbocycles. The minimum atomic E-state index is -0.0830. The van der Waals surface area contributed by atoms with E-state index in [4.69, 9.17) is 4.74 Å². The maximum atomic E-state index is 11.8. The molecule has 120 valence electrons. The molecule has 7 nitrogen and oxygen atoms in total. The third-order valence-corrected chi connectivity index (χ3v) is 4.01. The summed E-state index contributed by atoms with van der Waals surface area (Å²) in [5.74, 6) is 0.597. The number of nitrogens with one attached hydrogen (secondary N) is 1. The summed E-state index contributed by atoms with van der Waals surface area (Å²) >= 11 is 0. The Bertz CT molecular complexity index is 934. The van der Waals surface area contributed by atoms with Crippen LogP contribution in [0.2, 0.25) is 0 Å². The number of hydrogen-bond acceptors (Lipinski definition) is 5. The van der Waals surface area contributed by atoms with Crippen LogP contribution in [0.1, 0.15) is 5.69 Å². The zero-order chi connectivity index (χ0) is 16.7. The van der Waals surface area contributed by atoms with Gasteiger partial charge in [0, 0.05) is 18.3 Å². The molecule has 24 heavy (non-hydrogen) atoms. The van der Waals surface area contributed by atoms with Crippen LogP contribution >= 0.6 is 0 Å². The number of fused-ring (bicyclic) bond motifs is 1. The fourth-order valence-corrected chi connectivity index (χ4v) is 2.71. The highest BCUT2D eigenvalue weighted by Crippen LogP contribution is 2.36. The standard InChI is InChI=1S/C17H15N5O2/c1-10-4-3-5-12(18-10)17-16(19-21-20-17)11-6-7-14-13(8-11)22(2)15(23)9-24-14/h3-8H,9H2,1-2H3,(H,19,20,21). The summed E-state index contributed by atoms with van der Waals surface area (Å²) in [6, 6.07) is 11.4. The Hall–Kier alpha value is -3.22. The van der Waals surface area contributed by atoms with E-state index in [0.29, 0.717) is 11.4 Å². The molecule has 1 aromatic carbocycles. The molecule has 1 aliphatic heterocycles. The van der Waals surface area contributed by atoms with Crippen molar-refractivity contribution in [2.45, 2.75) is 6.92 Å². The smallest absolute Gasteiger partial charge is 0.264 e. The number of amides is 1. The van der Waals surface area contributed by atoms with Gasteiger partial charge in [-0.15, -0.1) is 5.10 Å². The molecule has 3 heterocycles. The van der Waals surface area contributed by atoms with Crippen LogP contribution in [0.25, 0.3) is 22.6 Å². The van der Waals surface area contributed by atoms with Gasteiger partial charge in [-0.1, -0.05) is 11.3 Å². The van der Waals surface area contributed by atoms with Crippen LogP contribution in [0.5, 0.6) is 5.75 Å². The zero-order valence-corrected chi connectivity index (χ0v) is 13.3. The number of carbonyl (C=O) groups is 1. The van der Waals surface area contributed by atoms with Crippen molar-refractivity contribution in [3.8, 4) is 28.4 Å². The van der Waals surface area contributed by atoms with Crippen molar-refractivity contribution in [3.05, 3.63) is 42.1 Å². The zero-order valence-electron chi connectivity index (χ0n) is 13.3. The molecule has 0 bridgehead atoms. The van der Waals surface area contributed by atoms with Gasteiger partial charge in [0.05, 0.1) is 11.4 Å². The average Bonchev–Trinajstić information content (AvgIpc) is 3.08. The number of benzene rings is 1. The van der Waals surface area contributed by atoms with Crippen molar-refractivity contribution in [1.82, 2.24) is 20.4 Å². The maximum absolute atomic E-state index is 11.8. The Balaban J connectivity index is 1.81. The number of nitrogens with zero attached hydrogens (tertiary/aromatic N) is 4. The Morgan fingerprint density at radius 2 is 2.12 bits per heavy atom. The number of likely N-dealkylation sites (N-methyl/N-ethyl adjacent to an activating group) is 1. The molecular weight excluding hydrogens is 306 g/mol. The number of rotatable bonds is 2. The number of aryl methyl sites for hydroxylation is 1. The van der Waals surface area contributed by atoms with E-state index in [1.165, 1.54) is 0 Å². The lowest BCUT2D eigenvalue weighted by Gasteiger charge is -2.26. The number of carbonyl (C=O) groups excluding carboxylic acids is 1. The normalized spacial score (nSPS) is 13.6. The number of hydrogen-bond donors (Lipinski definition) is 1.